The van der Waals surface area contributed by atoms with Crippen LogP contribution < -0.4 is 10.6 Å². The normalized spacial score (nSPS) is 23.7. The molecule has 128 valence electrons. The van der Waals surface area contributed by atoms with Gasteiger partial charge >= 0.3 is 6.03 Å². The second-order valence-corrected chi connectivity index (χ2v) is 6.80. The highest BCUT2D eigenvalue weighted by Gasteiger charge is 2.28. The van der Waals surface area contributed by atoms with E-state index < -0.39 is 0 Å². The molecule has 1 aliphatic rings. The number of aromatic nitrogens is 2. The first-order chi connectivity index (χ1) is 11.6. The van der Waals surface area contributed by atoms with E-state index in [4.69, 9.17) is 0 Å². The summed E-state index contributed by atoms with van der Waals surface area (Å²) < 4.78 is 1.96. The Morgan fingerprint density at radius 3 is 2.92 bits per heavy atom. The van der Waals surface area contributed by atoms with Gasteiger partial charge in [0.2, 0.25) is 0 Å². The van der Waals surface area contributed by atoms with Gasteiger partial charge < -0.3 is 15.2 Å². The lowest BCUT2D eigenvalue weighted by atomic mass is 9.78. The van der Waals surface area contributed by atoms with E-state index in [0.29, 0.717) is 18.4 Å². The molecule has 2 amide bonds. The van der Waals surface area contributed by atoms with Crippen LogP contribution in [-0.2, 0) is 6.54 Å². The van der Waals surface area contributed by atoms with Gasteiger partial charge in [-0.15, -0.1) is 0 Å². The second kappa shape index (κ2) is 7.51. The molecule has 1 aromatic carbocycles. The number of benzene rings is 1. The molecule has 1 saturated carbocycles. The summed E-state index contributed by atoms with van der Waals surface area (Å²) in [6, 6.07) is 8.23. The predicted octanol–water partition coefficient (Wildman–Crippen LogP) is 3.50. The molecule has 0 bridgehead atoms. The predicted molar refractivity (Wildman–Crippen MR) is 94.9 cm³/mol. The molecule has 1 aliphatic carbocycles. The van der Waals surface area contributed by atoms with Crippen molar-refractivity contribution in [1.29, 1.82) is 0 Å². The van der Waals surface area contributed by atoms with Gasteiger partial charge in [0.25, 0.3) is 0 Å². The van der Waals surface area contributed by atoms with E-state index in [2.05, 4.69) is 29.5 Å². The monoisotopic (exact) mass is 326 g/mol. The zero-order chi connectivity index (χ0) is 16.9. The molecule has 0 aliphatic heterocycles. The SMILES string of the molecule is C[C@H]1[C@H](C)CCC[C@@H]1NC(=O)NCc1ccccc1-n1ccnc1. The highest BCUT2D eigenvalue weighted by atomic mass is 16.2. The molecule has 1 fully saturated rings. The van der Waals surface area contributed by atoms with Gasteiger partial charge in [0, 0.05) is 25.0 Å². The van der Waals surface area contributed by atoms with Gasteiger partial charge in [-0.05, 0) is 29.9 Å². The van der Waals surface area contributed by atoms with Crippen LogP contribution in [0.5, 0.6) is 0 Å². The van der Waals surface area contributed by atoms with Crippen LogP contribution in [0.1, 0.15) is 38.7 Å². The summed E-state index contributed by atoms with van der Waals surface area (Å²) in [5, 5.41) is 6.15. The van der Waals surface area contributed by atoms with Gasteiger partial charge in [-0.25, -0.2) is 9.78 Å². The summed E-state index contributed by atoms with van der Waals surface area (Å²) in [7, 11) is 0. The third kappa shape index (κ3) is 3.78. The van der Waals surface area contributed by atoms with E-state index in [0.717, 1.165) is 17.7 Å². The smallest absolute Gasteiger partial charge is 0.315 e. The maximum absolute atomic E-state index is 12.3. The van der Waals surface area contributed by atoms with Crippen LogP contribution in [0.3, 0.4) is 0 Å². The van der Waals surface area contributed by atoms with Crippen molar-refractivity contribution in [2.75, 3.05) is 0 Å². The highest BCUT2D eigenvalue weighted by Crippen LogP contribution is 2.29. The Morgan fingerprint density at radius 2 is 2.12 bits per heavy atom. The average molecular weight is 326 g/mol. The lowest BCUT2D eigenvalue weighted by molar-refractivity contribution is 0.195. The quantitative estimate of drug-likeness (QED) is 0.903. The largest absolute Gasteiger partial charge is 0.335 e. The van der Waals surface area contributed by atoms with Gasteiger partial charge in [-0.1, -0.05) is 44.9 Å². The first-order valence-electron chi connectivity index (χ1n) is 8.75. The fourth-order valence-corrected chi connectivity index (χ4v) is 3.49. The third-order valence-corrected chi connectivity index (χ3v) is 5.24. The Kier molecular flexibility index (Phi) is 5.18. The first kappa shape index (κ1) is 16.6. The summed E-state index contributed by atoms with van der Waals surface area (Å²) in [5.74, 6) is 1.20. The lowest BCUT2D eigenvalue weighted by Crippen LogP contribution is -2.47. The zero-order valence-electron chi connectivity index (χ0n) is 14.4. The maximum atomic E-state index is 12.3. The Hall–Kier alpha value is -2.30. The number of hydrogen-bond donors (Lipinski definition) is 2. The van der Waals surface area contributed by atoms with Gasteiger partial charge in [-0.3, -0.25) is 0 Å². The Bertz CT molecular complexity index is 668. The van der Waals surface area contributed by atoms with Crippen molar-refractivity contribution >= 4 is 6.03 Å². The standard InChI is InChI=1S/C19H26N4O/c1-14-6-5-8-17(15(14)2)22-19(24)21-12-16-7-3-4-9-18(16)23-11-10-20-13-23/h3-4,7,9-11,13-15,17H,5-6,8,12H2,1-2H3,(H2,21,22,24)/t14-,15+,17+/m1/s1. The van der Waals surface area contributed by atoms with Crippen molar-refractivity contribution < 1.29 is 4.79 Å². The number of nitrogens with zero attached hydrogens (tertiary/aromatic N) is 2. The fourth-order valence-electron chi connectivity index (χ4n) is 3.49. The van der Waals surface area contributed by atoms with Crippen molar-refractivity contribution in [1.82, 2.24) is 20.2 Å². The minimum atomic E-state index is -0.0821. The van der Waals surface area contributed by atoms with Gasteiger partial charge in [0.15, 0.2) is 0 Å². The molecule has 2 aromatic rings. The van der Waals surface area contributed by atoms with Crippen LogP contribution in [-0.4, -0.2) is 21.6 Å². The number of nitrogens with one attached hydrogen (secondary N) is 2. The van der Waals surface area contributed by atoms with Crippen molar-refractivity contribution in [3.63, 3.8) is 0 Å². The number of hydrogen-bond acceptors (Lipinski definition) is 2. The number of para-hydroxylation sites is 1. The second-order valence-electron chi connectivity index (χ2n) is 6.80. The van der Waals surface area contributed by atoms with Crippen molar-refractivity contribution in [2.45, 2.75) is 45.7 Å². The van der Waals surface area contributed by atoms with E-state index in [1.807, 2.05) is 35.0 Å². The number of urea groups is 1. The van der Waals surface area contributed by atoms with Gasteiger partial charge in [-0.2, -0.15) is 0 Å². The van der Waals surface area contributed by atoms with Crippen LogP contribution in [0.4, 0.5) is 4.79 Å². The van der Waals surface area contributed by atoms with Crippen LogP contribution in [0.15, 0.2) is 43.0 Å². The van der Waals surface area contributed by atoms with Crippen molar-refractivity contribution in [3.8, 4) is 5.69 Å². The summed E-state index contributed by atoms with van der Waals surface area (Å²) in [6.07, 6.45) is 8.96. The summed E-state index contributed by atoms with van der Waals surface area (Å²) in [6.45, 7) is 5.01. The van der Waals surface area contributed by atoms with E-state index in [-0.39, 0.29) is 12.1 Å². The molecule has 1 aromatic heterocycles. The molecule has 0 radical (unpaired) electrons. The highest BCUT2D eigenvalue weighted by molar-refractivity contribution is 5.74. The van der Waals surface area contributed by atoms with Gasteiger partial charge in [0.1, 0.15) is 0 Å². The molecular formula is C19H26N4O. The Balaban J connectivity index is 1.59. The van der Waals surface area contributed by atoms with E-state index >= 15 is 0 Å². The maximum Gasteiger partial charge on any atom is 0.315 e. The van der Waals surface area contributed by atoms with Gasteiger partial charge in [0.05, 0.1) is 12.0 Å². The first-order valence-corrected chi connectivity index (χ1v) is 8.75. The van der Waals surface area contributed by atoms with E-state index in [1.165, 1.54) is 12.8 Å². The molecule has 24 heavy (non-hydrogen) atoms. The van der Waals surface area contributed by atoms with Crippen molar-refractivity contribution in [2.24, 2.45) is 11.8 Å². The summed E-state index contributed by atoms with van der Waals surface area (Å²) >= 11 is 0. The number of carbonyl (C=O) groups excluding carboxylic acids is 1. The molecule has 0 unspecified atom stereocenters. The molecule has 5 heteroatoms. The molecule has 2 N–H and O–H groups in total. The molecule has 3 atom stereocenters. The molecule has 0 saturated heterocycles. The summed E-state index contributed by atoms with van der Waals surface area (Å²) in [5.41, 5.74) is 2.10. The molecular weight excluding hydrogens is 300 g/mol. The van der Waals surface area contributed by atoms with Crippen LogP contribution in [0.25, 0.3) is 5.69 Å². The van der Waals surface area contributed by atoms with Crippen LogP contribution in [0, 0.1) is 11.8 Å². The third-order valence-electron chi connectivity index (χ3n) is 5.24. The molecule has 5 nitrogen and oxygen atoms in total. The Morgan fingerprint density at radius 1 is 1.29 bits per heavy atom. The number of amides is 2. The number of carbonyl (C=O) groups is 1. The Labute approximate surface area is 143 Å². The zero-order valence-corrected chi connectivity index (χ0v) is 14.4. The summed E-state index contributed by atoms with van der Waals surface area (Å²) in [4.78, 5) is 16.4. The van der Waals surface area contributed by atoms with Crippen LogP contribution >= 0.6 is 0 Å². The molecule has 1 heterocycles. The van der Waals surface area contributed by atoms with Crippen molar-refractivity contribution in [3.05, 3.63) is 48.5 Å². The van der Waals surface area contributed by atoms with E-state index in [1.54, 1.807) is 12.5 Å². The minimum absolute atomic E-state index is 0.0821. The lowest BCUT2D eigenvalue weighted by Gasteiger charge is -2.34. The topological polar surface area (TPSA) is 59.0 Å². The average Bonchev–Trinajstić information content (AvgIpc) is 3.12. The van der Waals surface area contributed by atoms with Crippen LogP contribution in [0.2, 0.25) is 0 Å². The molecule has 3 rings (SSSR count). The minimum Gasteiger partial charge on any atom is -0.335 e. The molecule has 0 spiro atoms. The fraction of sp³-hybridized carbons (Fsp3) is 0.474. The number of imidazole rings is 1. The number of rotatable bonds is 4. The van der Waals surface area contributed by atoms with E-state index in [9.17, 15) is 4.79 Å².